The van der Waals surface area contributed by atoms with Gasteiger partial charge in [0.05, 0.1) is 5.92 Å². The number of carbonyl (C=O) groups excluding carboxylic acids is 2. The fraction of sp³-hybridized carbons (Fsp3) is 0.320. The van der Waals surface area contributed by atoms with Crippen molar-refractivity contribution in [1.29, 1.82) is 0 Å². The molecule has 1 aliphatic heterocycles. The van der Waals surface area contributed by atoms with Crippen LogP contribution >= 0.6 is 0 Å². The number of rotatable bonds is 5. The van der Waals surface area contributed by atoms with Gasteiger partial charge < -0.3 is 20.1 Å². The van der Waals surface area contributed by atoms with Gasteiger partial charge in [-0.2, -0.15) is 0 Å². The fourth-order valence-corrected chi connectivity index (χ4v) is 4.16. The quantitative estimate of drug-likeness (QED) is 0.644. The average Bonchev–Trinajstić information content (AvgIpc) is 3.23. The minimum atomic E-state index is -0.347. The molecule has 2 N–H and O–H groups in total. The van der Waals surface area contributed by atoms with E-state index >= 15 is 0 Å². The highest BCUT2D eigenvalue weighted by Gasteiger charge is 2.31. The van der Waals surface area contributed by atoms with E-state index in [0.717, 1.165) is 35.5 Å². The Labute approximate surface area is 188 Å². The number of aromatic nitrogens is 2. The van der Waals surface area contributed by atoms with Crippen LogP contribution in [0.5, 0.6) is 0 Å². The SMILES string of the molecule is Cc1cccc(NC(=O)N2CCC[C@H](C(=O)N[C@H](c3ccccc3)c3nccn3C)C2)c1. The molecule has 7 nitrogen and oxygen atoms in total. The van der Waals surface area contributed by atoms with Crippen LogP contribution < -0.4 is 10.6 Å². The Hall–Kier alpha value is -3.61. The molecule has 166 valence electrons. The molecule has 0 bridgehead atoms. The minimum Gasteiger partial charge on any atom is -0.342 e. The maximum atomic E-state index is 13.3. The fourth-order valence-electron chi connectivity index (χ4n) is 4.16. The van der Waals surface area contributed by atoms with Crippen LogP contribution in [0.2, 0.25) is 0 Å². The summed E-state index contributed by atoms with van der Waals surface area (Å²) in [5, 5.41) is 6.13. The predicted molar refractivity (Wildman–Crippen MR) is 124 cm³/mol. The van der Waals surface area contributed by atoms with Crippen molar-refractivity contribution in [2.45, 2.75) is 25.8 Å². The van der Waals surface area contributed by atoms with Crippen molar-refractivity contribution in [1.82, 2.24) is 19.8 Å². The Morgan fingerprint density at radius 1 is 1.12 bits per heavy atom. The van der Waals surface area contributed by atoms with Gasteiger partial charge in [-0.3, -0.25) is 4.79 Å². The summed E-state index contributed by atoms with van der Waals surface area (Å²) in [7, 11) is 1.92. The summed E-state index contributed by atoms with van der Waals surface area (Å²) in [6, 6.07) is 17.0. The Morgan fingerprint density at radius 3 is 2.66 bits per heavy atom. The largest absolute Gasteiger partial charge is 0.342 e. The molecule has 2 atom stereocenters. The van der Waals surface area contributed by atoms with E-state index in [1.807, 2.05) is 79.3 Å². The van der Waals surface area contributed by atoms with Crippen molar-refractivity contribution in [3.63, 3.8) is 0 Å². The second kappa shape index (κ2) is 9.68. The van der Waals surface area contributed by atoms with Gasteiger partial charge in [0.15, 0.2) is 0 Å². The zero-order valence-corrected chi connectivity index (χ0v) is 18.5. The molecule has 1 fully saturated rings. The van der Waals surface area contributed by atoms with E-state index in [1.165, 1.54) is 0 Å². The van der Waals surface area contributed by atoms with E-state index in [0.29, 0.717) is 13.1 Å². The lowest BCUT2D eigenvalue weighted by atomic mass is 9.96. The third-order valence-electron chi connectivity index (χ3n) is 5.88. The zero-order chi connectivity index (χ0) is 22.5. The number of aryl methyl sites for hydroxylation is 2. The van der Waals surface area contributed by atoms with Gasteiger partial charge in [-0.05, 0) is 43.0 Å². The highest BCUT2D eigenvalue weighted by Crippen LogP contribution is 2.23. The highest BCUT2D eigenvalue weighted by atomic mass is 16.2. The summed E-state index contributed by atoms with van der Waals surface area (Å²) < 4.78 is 1.92. The topological polar surface area (TPSA) is 79.3 Å². The molecule has 3 aromatic rings. The number of likely N-dealkylation sites (tertiary alicyclic amines) is 1. The Morgan fingerprint density at radius 2 is 1.94 bits per heavy atom. The smallest absolute Gasteiger partial charge is 0.321 e. The summed E-state index contributed by atoms with van der Waals surface area (Å²) in [5.74, 6) is 0.447. The second-order valence-corrected chi connectivity index (χ2v) is 8.33. The number of nitrogens with zero attached hydrogens (tertiary/aromatic N) is 3. The van der Waals surface area contributed by atoms with Gasteiger partial charge in [-0.25, -0.2) is 9.78 Å². The van der Waals surface area contributed by atoms with Crippen molar-refractivity contribution in [3.05, 3.63) is 83.9 Å². The molecular formula is C25H29N5O2. The normalized spacial score (nSPS) is 16.9. The van der Waals surface area contributed by atoms with Crippen LogP contribution in [0.25, 0.3) is 0 Å². The molecule has 32 heavy (non-hydrogen) atoms. The molecule has 0 aliphatic carbocycles. The van der Waals surface area contributed by atoms with E-state index in [9.17, 15) is 9.59 Å². The number of anilines is 1. The molecule has 0 radical (unpaired) electrons. The van der Waals surface area contributed by atoms with Crippen LogP contribution in [0, 0.1) is 12.8 Å². The second-order valence-electron chi connectivity index (χ2n) is 8.33. The number of benzene rings is 2. The third kappa shape index (κ3) is 4.99. The summed E-state index contributed by atoms with van der Waals surface area (Å²) in [6.45, 7) is 3.02. The first-order chi connectivity index (χ1) is 15.5. The lowest BCUT2D eigenvalue weighted by molar-refractivity contribution is -0.126. The van der Waals surface area contributed by atoms with Gasteiger partial charge in [0.25, 0.3) is 0 Å². The van der Waals surface area contributed by atoms with Gasteiger partial charge in [0, 0.05) is 38.2 Å². The van der Waals surface area contributed by atoms with Crippen molar-refractivity contribution >= 4 is 17.6 Å². The monoisotopic (exact) mass is 431 g/mol. The molecular weight excluding hydrogens is 402 g/mol. The van der Waals surface area contributed by atoms with Gasteiger partial charge in [0.2, 0.25) is 5.91 Å². The standard InChI is InChI=1S/C25H29N5O2/c1-18-8-6-12-21(16-18)27-25(32)30-14-7-11-20(17-30)24(31)28-22(19-9-4-3-5-10-19)23-26-13-15-29(23)2/h3-6,8-10,12-13,15-16,20,22H,7,11,14,17H2,1-2H3,(H,27,32)(H,28,31)/t20-,22+/m0/s1. The first-order valence-electron chi connectivity index (χ1n) is 11.0. The molecule has 4 rings (SSSR count). The number of nitrogens with one attached hydrogen (secondary N) is 2. The summed E-state index contributed by atoms with van der Waals surface area (Å²) in [6.07, 6.45) is 5.14. The van der Waals surface area contributed by atoms with Crippen molar-refractivity contribution in [2.75, 3.05) is 18.4 Å². The molecule has 3 amide bonds. The molecule has 7 heteroatoms. The number of imidazole rings is 1. The molecule has 0 spiro atoms. The molecule has 1 aliphatic rings. The van der Waals surface area contributed by atoms with E-state index < -0.39 is 0 Å². The van der Waals surface area contributed by atoms with Crippen LogP contribution in [0.3, 0.4) is 0 Å². The van der Waals surface area contributed by atoms with Crippen molar-refractivity contribution in [3.8, 4) is 0 Å². The van der Waals surface area contributed by atoms with Crippen LogP contribution in [0.4, 0.5) is 10.5 Å². The van der Waals surface area contributed by atoms with Crippen LogP contribution in [0.15, 0.2) is 67.0 Å². The van der Waals surface area contributed by atoms with Crippen LogP contribution in [-0.4, -0.2) is 39.5 Å². The molecule has 1 saturated heterocycles. The number of hydrogen-bond acceptors (Lipinski definition) is 3. The molecule has 2 aromatic carbocycles. The van der Waals surface area contributed by atoms with Crippen molar-refractivity contribution < 1.29 is 9.59 Å². The molecule has 2 heterocycles. The Kier molecular flexibility index (Phi) is 6.54. The summed E-state index contributed by atoms with van der Waals surface area (Å²) in [4.78, 5) is 32.2. The highest BCUT2D eigenvalue weighted by molar-refractivity contribution is 5.90. The van der Waals surface area contributed by atoms with Crippen molar-refractivity contribution in [2.24, 2.45) is 13.0 Å². The van der Waals surface area contributed by atoms with Crippen LogP contribution in [0.1, 0.15) is 35.8 Å². The van der Waals surface area contributed by atoms with Gasteiger partial charge in [-0.1, -0.05) is 42.5 Å². The van der Waals surface area contributed by atoms with E-state index in [1.54, 1.807) is 11.1 Å². The Bertz CT molecular complexity index is 1080. The van der Waals surface area contributed by atoms with E-state index in [4.69, 9.17) is 0 Å². The zero-order valence-electron chi connectivity index (χ0n) is 18.5. The first kappa shape index (κ1) is 21.6. The van der Waals surface area contributed by atoms with E-state index in [2.05, 4.69) is 15.6 Å². The number of carbonyl (C=O) groups is 2. The number of urea groups is 1. The molecule has 1 aromatic heterocycles. The number of amides is 3. The van der Waals surface area contributed by atoms with Crippen LogP contribution in [-0.2, 0) is 11.8 Å². The minimum absolute atomic E-state index is 0.0603. The lowest BCUT2D eigenvalue weighted by Crippen LogP contribution is -2.47. The lowest BCUT2D eigenvalue weighted by Gasteiger charge is -2.33. The summed E-state index contributed by atoms with van der Waals surface area (Å²) in [5.41, 5.74) is 2.82. The third-order valence-corrected chi connectivity index (χ3v) is 5.88. The average molecular weight is 432 g/mol. The van der Waals surface area contributed by atoms with E-state index in [-0.39, 0.29) is 23.9 Å². The molecule has 0 saturated carbocycles. The van der Waals surface area contributed by atoms with Gasteiger partial charge in [0.1, 0.15) is 11.9 Å². The Balaban J connectivity index is 1.45. The van der Waals surface area contributed by atoms with Gasteiger partial charge in [-0.15, -0.1) is 0 Å². The predicted octanol–water partition coefficient (Wildman–Crippen LogP) is 3.88. The molecule has 0 unspecified atom stereocenters. The van der Waals surface area contributed by atoms with Gasteiger partial charge >= 0.3 is 6.03 Å². The maximum absolute atomic E-state index is 13.3. The number of hydrogen-bond donors (Lipinski definition) is 2. The number of piperidine rings is 1. The first-order valence-corrected chi connectivity index (χ1v) is 11.0. The maximum Gasteiger partial charge on any atom is 0.321 e. The summed E-state index contributed by atoms with van der Waals surface area (Å²) >= 11 is 0.